The third-order valence-corrected chi connectivity index (χ3v) is 5.76. The first kappa shape index (κ1) is 22.6. The van der Waals surface area contributed by atoms with Crippen LogP contribution in [0.2, 0.25) is 5.02 Å². The van der Waals surface area contributed by atoms with Gasteiger partial charge in [0.1, 0.15) is 18.4 Å². The lowest BCUT2D eigenvalue weighted by Crippen LogP contribution is -2.54. The Balaban J connectivity index is 1.80. The third kappa shape index (κ3) is 5.08. The number of halogens is 1. The van der Waals surface area contributed by atoms with Crippen molar-refractivity contribution in [2.45, 2.75) is 11.6 Å². The molecule has 0 radical (unpaired) electrons. The Morgan fingerprint density at radius 2 is 1.27 bits per heavy atom. The van der Waals surface area contributed by atoms with Crippen molar-refractivity contribution in [1.82, 2.24) is 5.32 Å². The second kappa shape index (κ2) is 10.3. The molecule has 0 heterocycles. The van der Waals surface area contributed by atoms with Gasteiger partial charge < -0.3 is 9.84 Å². The molecule has 1 unspecified atom stereocenters. The van der Waals surface area contributed by atoms with Crippen molar-refractivity contribution in [2.75, 3.05) is 6.61 Å². The van der Waals surface area contributed by atoms with Crippen LogP contribution in [0.1, 0.15) is 16.7 Å². The van der Waals surface area contributed by atoms with Crippen molar-refractivity contribution < 1.29 is 14.6 Å². The van der Waals surface area contributed by atoms with Crippen LogP contribution in [-0.4, -0.2) is 23.7 Å². The molecule has 33 heavy (non-hydrogen) atoms. The van der Waals surface area contributed by atoms with E-state index in [1.54, 1.807) is 24.3 Å². The van der Waals surface area contributed by atoms with E-state index in [-0.39, 0.29) is 6.61 Å². The van der Waals surface area contributed by atoms with Crippen molar-refractivity contribution in [3.05, 3.63) is 137 Å². The van der Waals surface area contributed by atoms with Crippen molar-refractivity contribution in [3.63, 3.8) is 0 Å². The molecule has 0 saturated heterocycles. The molecule has 2 N–H and O–H groups in total. The normalized spacial score (nSPS) is 12.2. The van der Waals surface area contributed by atoms with Crippen LogP contribution in [0.4, 0.5) is 0 Å². The predicted molar refractivity (Wildman–Crippen MR) is 131 cm³/mol. The fraction of sp³-hybridized carbons (Fsp3) is 0.107. The molecule has 0 saturated carbocycles. The molecule has 0 fully saturated rings. The van der Waals surface area contributed by atoms with Gasteiger partial charge in [-0.3, -0.25) is 10.1 Å². The van der Waals surface area contributed by atoms with E-state index in [2.05, 4.69) is 5.32 Å². The van der Waals surface area contributed by atoms with Gasteiger partial charge >= 0.3 is 5.97 Å². The van der Waals surface area contributed by atoms with Gasteiger partial charge in [-0.1, -0.05) is 109 Å². The van der Waals surface area contributed by atoms with Gasteiger partial charge in [-0.25, -0.2) is 0 Å². The lowest BCUT2D eigenvalue weighted by molar-refractivity contribution is -0.140. The second-order valence-electron chi connectivity index (χ2n) is 7.65. The Hall–Kier alpha value is -3.60. The van der Waals surface area contributed by atoms with Gasteiger partial charge in [0, 0.05) is 5.02 Å². The zero-order chi connectivity index (χ0) is 23.1. The Morgan fingerprint density at radius 3 is 1.70 bits per heavy atom. The molecular formula is C28H24ClNO3. The maximum absolute atomic E-state index is 12.4. The smallest absolute Gasteiger partial charge is 0.324 e. The number of rotatable bonds is 9. The maximum Gasteiger partial charge on any atom is 0.324 e. The van der Waals surface area contributed by atoms with Gasteiger partial charge in [0.15, 0.2) is 0 Å². The molecule has 4 rings (SSSR count). The minimum absolute atomic E-state index is 0.0794. The Labute approximate surface area is 198 Å². The van der Waals surface area contributed by atoms with E-state index in [0.717, 1.165) is 16.7 Å². The first-order valence-electron chi connectivity index (χ1n) is 10.6. The summed E-state index contributed by atoms with van der Waals surface area (Å²) < 4.78 is 5.84. The fourth-order valence-corrected chi connectivity index (χ4v) is 4.17. The highest BCUT2D eigenvalue weighted by atomic mass is 35.5. The van der Waals surface area contributed by atoms with Crippen molar-refractivity contribution in [1.29, 1.82) is 0 Å². The minimum atomic E-state index is -1.01. The largest absolute Gasteiger partial charge is 0.491 e. The van der Waals surface area contributed by atoms with Gasteiger partial charge in [-0.2, -0.15) is 0 Å². The highest BCUT2D eigenvalue weighted by molar-refractivity contribution is 6.30. The van der Waals surface area contributed by atoms with E-state index in [0.29, 0.717) is 10.8 Å². The summed E-state index contributed by atoms with van der Waals surface area (Å²) in [5.41, 5.74) is 1.87. The number of carbonyl (C=O) groups is 1. The number of nitrogens with one attached hydrogen (secondary N) is 1. The molecule has 5 heteroatoms. The monoisotopic (exact) mass is 457 g/mol. The third-order valence-electron chi connectivity index (χ3n) is 5.52. The molecule has 1 atom stereocenters. The number of carboxylic acid groups (broad SMARTS) is 1. The van der Waals surface area contributed by atoms with Crippen molar-refractivity contribution in [2.24, 2.45) is 0 Å². The highest BCUT2D eigenvalue weighted by Gasteiger charge is 2.40. The van der Waals surface area contributed by atoms with Gasteiger partial charge in [0.2, 0.25) is 0 Å². The van der Waals surface area contributed by atoms with E-state index in [1.807, 2.05) is 91.0 Å². The molecule has 166 valence electrons. The lowest BCUT2D eigenvalue weighted by atomic mass is 9.76. The number of aliphatic carboxylic acids is 1. The zero-order valence-corrected chi connectivity index (χ0v) is 18.7. The van der Waals surface area contributed by atoms with Crippen LogP contribution < -0.4 is 10.1 Å². The summed E-state index contributed by atoms with van der Waals surface area (Å²) in [5, 5.41) is 14.1. The van der Waals surface area contributed by atoms with Crippen molar-refractivity contribution >= 4 is 17.6 Å². The number of ether oxygens (including phenoxy) is 1. The molecular weight excluding hydrogens is 434 g/mol. The maximum atomic E-state index is 12.4. The van der Waals surface area contributed by atoms with Crippen LogP contribution in [0.5, 0.6) is 5.75 Å². The summed E-state index contributed by atoms with van der Waals surface area (Å²) in [6.07, 6.45) is 0. The molecule has 0 aliphatic rings. The zero-order valence-electron chi connectivity index (χ0n) is 17.9. The highest BCUT2D eigenvalue weighted by Crippen LogP contribution is 2.37. The van der Waals surface area contributed by atoms with Gasteiger partial charge in [-0.15, -0.1) is 0 Å². The van der Waals surface area contributed by atoms with E-state index in [1.165, 1.54) is 0 Å². The molecule has 4 aromatic rings. The minimum Gasteiger partial charge on any atom is -0.491 e. The molecule has 0 aliphatic heterocycles. The van der Waals surface area contributed by atoms with E-state index in [9.17, 15) is 9.90 Å². The Kier molecular flexibility index (Phi) is 7.08. The molecule has 0 aliphatic carbocycles. The van der Waals surface area contributed by atoms with Crippen LogP contribution >= 0.6 is 11.6 Å². The summed E-state index contributed by atoms with van der Waals surface area (Å²) in [7, 11) is 0. The molecule has 4 nitrogen and oxygen atoms in total. The molecule has 0 amide bonds. The van der Waals surface area contributed by atoms with E-state index in [4.69, 9.17) is 16.3 Å². The first-order chi connectivity index (χ1) is 16.1. The van der Waals surface area contributed by atoms with Crippen LogP contribution in [0.25, 0.3) is 0 Å². The summed E-state index contributed by atoms with van der Waals surface area (Å²) in [6.45, 7) is -0.0794. The SMILES string of the molecule is O=C(O)C(COc1cccc(Cl)c1)NC(c1ccccc1)(c1ccccc1)c1ccccc1. The van der Waals surface area contributed by atoms with Gasteiger partial charge in [0.05, 0.1) is 5.54 Å². The molecule has 0 spiro atoms. The average molecular weight is 458 g/mol. The van der Waals surface area contributed by atoms with Crippen LogP contribution in [0.3, 0.4) is 0 Å². The second-order valence-corrected chi connectivity index (χ2v) is 8.09. The fourth-order valence-electron chi connectivity index (χ4n) is 3.99. The van der Waals surface area contributed by atoms with Crippen molar-refractivity contribution in [3.8, 4) is 5.75 Å². The lowest BCUT2D eigenvalue weighted by Gasteiger charge is -2.39. The quantitative estimate of drug-likeness (QED) is 0.314. The van der Waals surface area contributed by atoms with E-state index < -0.39 is 17.6 Å². The standard InChI is InChI=1S/C28H24ClNO3/c29-24-17-10-18-25(19-24)33-20-26(27(31)32)30-28(21-11-4-1-5-12-21,22-13-6-2-7-14-22)23-15-8-3-9-16-23/h1-19,26,30H,20H2,(H,31,32). The summed E-state index contributed by atoms with van der Waals surface area (Å²) >= 11 is 6.06. The van der Waals surface area contributed by atoms with Crippen LogP contribution in [-0.2, 0) is 10.3 Å². The molecule has 4 aromatic carbocycles. The topological polar surface area (TPSA) is 58.6 Å². The Morgan fingerprint density at radius 1 is 0.788 bits per heavy atom. The van der Waals surface area contributed by atoms with Gasteiger partial charge in [-0.05, 0) is 34.9 Å². The molecule has 0 bridgehead atoms. The van der Waals surface area contributed by atoms with Crippen LogP contribution in [0.15, 0.2) is 115 Å². The van der Waals surface area contributed by atoms with Crippen LogP contribution in [0, 0.1) is 0 Å². The number of hydrogen-bond acceptors (Lipinski definition) is 3. The van der Waals surface area contributed by atoms with Gasteiger partial charge in [0.25, 0.3) is 0 Å². The Bertz CT molecular complexity index is 1090. The van der Waals surface area contributed by atoms with E-state index >= 15 is 0 Å². The first-order valence-corrected chi connectivity index (χ1v) is 11.0. The predicted octanol–water partition coefficient (Wildman–Crippen LogP) is 5.75. The number of carboxylic acids is 1. The number of benzene rings is 4. The summed E-state index contributed by atoms with van der Waals surface area (Å²) in [6, 6.07) is 35.5. The molecule has 0 aromatic heterocycles. The number of hydrogen-bond donors (Lipinski definition) is 2. The average Bonchev–Trinajstić information content (AvgIpc) is 2.86. The summed E-state index contributed by atoms with van der Waals surface area (Å²) in [4.78, 5) is 12.4. The summed E-state index contributed by atoms with van der Waals surface area (Å²) in [5.74, 6) is -0.496.